The third-order valence-corrected chi connectivity index (χ3v) is 3.95. The van der Waals surface area contributed by atoms with E-state index in [-0.39, 0.29) is 41.4 Å². The van der Waals surface area contributed by atoms with Crippen molar-refractivity contribution in [1.29, 1.82) is 0 Å². The Bertz CT molecular complexity index is 671. The quantitative estimate of drug-likeness (QED) is 0.341. The number of phenolic OH excluding ortho intramolecular Hbond substituents is 2. The van der Waals surface area contributed by atoms with Gasteiger partial charge < -0.3 is 25.2 Å². The Morgan fingerprint density at radius 1 is 1.25 bits per heavy atom. The van der Waals surface area contributed by atoms with E-state index in [0.29, 0.717) is 6.42 Å². The molecule has 0 aliphatic heterocycles. The highest BCUT2D eigenvalue weighted by atomic mass is 35.5. The molecule has 1 atom stereocenters. The van der Waals surface area contributed by atoms with Gasteiger partial charge in [0.2, 0.25) is 0 Å². The number of carbonyl (C=O) groups is 2. The summed E-state index contributed by atoms with van der Waals surface area (Å²) in [6.45, 7) is 5.28. The van der Waals surface area contributed by atoms with E-state index in [9.17, 15) is 24.9 Å². The van der Waals surface area contributed by atoms with E-state index in [2.05, 4.69) is 0 Å². The number of carbonyl (C=O) groups excluding carboxylic acids is 2. The highest BCUT2D eigenvalue weighted by molar-refractivity contribution is 6.33. The van der Waals surface area contributed by atoms with Gasteiger partial charge >= 0.3 is 5.97 Å². The Morgan fingerprint density at radius 2 is 1.89 bits per heavy atom. The molecule has 0 saturated heterocycles. The summed E-state index contributed by atoms with van der Waals surface area (Å²) in [6.07, 6.45) is 3.29. The zero-order valence-corrected chi connectivity index (χ0v) is 17.2. The zero-order valence-electron chi connectivity index (χ0n) is 16.4. The van der Waals surface area contributed by atoms with Gasteiger partial charge in [0.05, 0.1) is 24.3 Å². The van der Waals surface area contributed by atoms with Crippen molar-refractivity contribution in [2.45, 2.75) is 52.6 Å². The van der Waals surface area contributed by atoms with Crippen LogP contribution in [0.4, 0.5) is 0 Å². The molecule has 0 aliphatic rings. The lowest BCUT2D eigenvalue weighted by Gasteiger charge is -2.14. The minimum Gasteiger partial charge on any atom is -0.507 e. The molecule has 1 aromatic rings. The summed E-state index contributed by atoms with van der Waals surface area (Å²) in [6, 6.07) is 0.891. The number of esters is 1. The predicted octanol–water partition coefficient (Wildman–Crippen LogP) is 3.15. The van der Waals surface area contributed by atoms with E-state index in [1.54, 1.807) is 6.08 Å². The van der Waals surface area contributed by atoms with E-state index in [0.717, 1.165) is 12.5 Å². The minimum atomic E-state index is -1.04. The molecule has 0 spiro atoms. The molecular weight excluding hydrogens is 388 g/mol. The number of phenols is 2. The summed E-state index contributed by atoms with van der Waals surface area (Å²) in [7, 11) is 0. The summed E-state index contributed by atoms with van der Waals surface area (Å²) < 4.78 is 4.96. The zero-order chi connectivity index (χ0) is 21.7. The van der Waals surface area contributed by atoms with Crippen LogP contribution in [-0.4, -0.2) is 51.5 Å². The standard InChI is InChI=1S/C18H23ClO7.C2H6/c1-2-3-4-5-11(21)8-13-16(14(23)9-15(24)17(13)19)18(25)26-7-6-12(22)10-20;1-2/h4-5,9,12,20,22-24H,2-3,6-8,10H2,1H3;1-2H3/b5-4+;. The molecule has 28 heavy (non-hydrogen) atoms. The first-order valence-corrected chi connectivity index (χ1v) is 9.58. The van der Waals surface area contributed by atoms with Crippen LogP contribution in [-0.2, 0) is 16.0 Å². The number of ketones is 1. The van der Waals surface area contributed by atoms with Gasteiger partial charge in [-0.25, -0.2) is 4.79 Å². The summed E-state index contributed by atoms with van der Waals surface area (Å²) >= 11 is 6.01. The van der Waals surface area contributed by atoms with Crippen molar-refractivity contribution in [2.75, 3.05) is 13.2 Å². The molecular formula is C20H29ClO7. The minimum absolute atomic E-state index is 0.00281. The molecule has 0 saturated carbocycles. The van der Waals surface area contributed by atoms with Crippen molar-refractivity contribution < 1.29 is 34.8 Å². The summed E-state index contributed by atoms with van der Waals surface area (Å²) in [4.78, 5) is 24.3. The lowest BCUT2D eigenvalue weighted by Crippen LogP contribution is -2.18. The Balaban J connectivity index is 0.00000352. The largest absolute Gasteiger partial charge is 0.507 e. The summed E-state index contributed by atoms with van der Waals surface area (Å²) in [5, 5.41) is 37.5. The summed E-state index contributed by atoms with van der Waals surface area (Å²) in [5.74, 6) is -2.33. The SMILES string of the molecule is CC.CCC/C=C/C(=O)Cc1c(Cl)c(O)cc(O)c1C(=O)OCCC(O)CO. The number of aromatic hydroxyl groups is 2. The molecule has 4 N–H and O–H groups in total. The molecule has 0 radical (unpaired) electrons. The Morgan fingerprint density at radius 3 is 2.46 bits per heavy atom. The first kappa shape index (κ1) is 25.9. The smallest absolute Gasteiger partial charge is 0.342 e. The second-order valence-electron chi connectivity index (χ2n) is 5.68. The number of halogens is 1. The fraction of sp³-hybridized carbons (Fsp3) is 0.500. The molecule has 158 valence electrons. The van der Waals surface area contributed by atoms with Crippen LogP contribution < -0.4 is 0 Å². The summed E-state index contributed by atoms with van der Waals surface area (Å²) in [5.41, 5.74) is -0.355. The number of rotatable bonds is 10. The van der Waals surface area contributed by atoms with Crippen molar-refractivity contribution in [3.05, 3.63) is 34.4 Å². The van der Waals surface area contributed by atoms with Crippen molar-refractivity contribution in [1.82, 2.24) is 0 Å². The molecule has 0 aliphatic carbocycles. The normalized spacial score (nSPS) is 11.6. The van der Waals surface area contributed by atoms with Crippen molar-refractivity contribution in [2.24, 2.45) is 0 Å². The van der Waals surface area contributed by atoms with Crippen LogP contribution in [0.3, 0.4) is 0 Å². The molecule has 1 unspecified atom stereocenters. The Hall–Kier alpha value is -2.09. The molecule has 0 heterocycles. The van der Waals surface area contributed by atoms with Gasteiger partial charge in [0.25, 0.3) is 0 Å². The number of aliphatic hydroxyl groups excluding tert-OH is 2. The first-order chi connectivity index (χ1) is 13.3. The molecule has 0 fully saturated rings. The number of benzene rings is 1. The topological polar surface area (TPSA) is 124 Å². The molecule has 0 amide bonds. The monoisotopic (exact) mass is 416 g/mol. The number of aliphatic hydroxyl groups is 2. The number of hydrogen-bond donors (Lipinski definition) is 4. The molecule has 0 aromatic heterocycles. The number of ether oxygens (including phenoxy) is 1. The van der Waals surface area contributed by atoms with Gasteiger partial charge in [-0.05, 0) is 12.5 Å². The lowest BCUT2D eigenvalue weighted by molar-refractivity contribution is -0.114. The van der Waals surface area contributed by atoms with Crippen LogP contribution in [0.2, 0.25) is 5.02 Å². The van der Waals surface area contributed by atoms with Crippen molar-refractivity contribution in [3.63, 3.8) is 0 Å². The van der Waals surface area contributed by atoms with E-state index >= 15 is 0 Å². The second kappa shape index (κ2) is 14.0. The number of hydrogen-bond acceptors (Lipinski definition) is 7. The van der Waals surface area contributed by atoms with Crippen LogP contribution in [0, 0.1) is 0 Å². The van der Waals surface area contributed by atoms with Gasteiger partial charge in [0.15, 0.2) is 5.78 Å². The second-order valence-corrected chi connectivity index (χ2v) is 6.06. The van der Waals surface area contributed by atoms with Gasteiger partial charge in [-0.2, -0.15) is 0 Å². The Kier molecular flexibility index (Phi) is 12.9. The van der Waals surface area contributed by atoms with Crippen LogP contribution in [0.5, 0.6) is 11.5 Å². The van der Waals surface area contributed by atoms with Gasteiger partial charge in [0.1, 0.15) is 17.1 Å². The maximum Gasteiger partial charge on any atom is 0.342 e. The van der Waals surface area contributed by atoms with E-state index < -0.39 is 30.2 Å². The van der Waals surface area contributed by atoms with Gasteiger partial charge in [0, 0.05) is 24.5 Å². The fourth-order valence-electron chi connectivity index (χ4n) is 2.14. The van der Waals surface area contributed by atoms with Crippen LogP contribution in [0.25, 0.3) is 0 Å². The average molecular weight is 417 g/mol. The van der Waals surface area contributed by atoms with Gasteiger partial charge in [-0.3, -0.25) is 4.79 Å². The number of unbranched alkanes of at least 4 members (excludes halogenated alkanes) is 1. The third-order valence-electron chi connectivity index (χ3n) is 3.53. The van der Waals surface area contributed by atoms with Crippen LogP contribution in [0.1, 0.15) is 56.0 Å². The molecule has 1 aromatic carbocycles. The maximum absolute atomic E-state index is 12.3. The Labute approximate surface area is 170 Å². The first-order valence-electron chi connectivity index (χ1n) is 9.20. The molecule has 7 nitrogen and oxygen atoms in total. The molecule has 8 heteroatoms. The van der Waals surface area contributed by atoms with Crippen molar-refractivity contribution in [3.8, 4) is 11.5 Å². The van der Waals surface area contributed by atoms with Crippen LogP contribution in [0.15, 0.2) is 18.2 Å². The third kappa shape index (κ3) is 8.29. The molecule has 1 rings (SSSR count). The molecule has 0 bridgehead atoms. The maximum atomic E-state index is 12.3. The fourth-order valence-corrected chi connectivity index (χ4v) is 2.36. The van der Waals surface area contributed by atoms with E-state index in [4.69, 9.17) is 21.4 Å². The van der Waals surface area contributed by atoms with Crippen molar-refractivity contribution >= 4 is 23.4 Å². The predicted molar refractivity (Wildman–Crippen MR) is 107 cm³/mol. The number of allylic oxidation sites excluding steroid dienone is 2. The van der Waals surface area contributed by atoms with Gasteiger partial charge in [-0.1, -0.05) is 44.9 Å². The highest BCUT2D eigenvalue weighted by Gasteiger charge is 2.24. The van der Waals surface area contributed by atoms with E-state index in [1.807, 2.05) is 20.8 Å². The lowest BCUT2D eigenvalue weighted by atomic mass is 10.00. The highest BCUT2D eigenvalue weighted by Crippen LogP contribution is 2.37. The van der Waals surface area contributed by atoms with Crippen LogP contribution >= 0.6 is 11.6 Å². The average Bonchev–Trinajstić information content (AvgIpc) is 2.67. The van der Waals surface area contributed by atoms with E-state index in [1.165, 1.54) is 6.08 Å². The van der Waals surface area contributed by atoms with Gasteiger partial charge in [-0.15, -0.1) is 0 Å².